The molecule has 1 aromatic carbocycles. The molecule has 21 heavy (non-hydrogen) atoms. The highest BCUT2D eigenvalue weighted by Gasteiger charge is 2.35. The molecule has 5 heteroatoms. The van der Waals surface area contributed by atoms with Crippen molar-refractivity contribution in [3.63, 3.8) is 0 Å². The maximum absolute atomic E-state index is 12.7. The minimum Gasteiger partial charge on any atom is -0.508 e. The lowest BCUT2D eigenvalue weighted by Gasteiger charge is -2.37. The smallest absolute Gasteiger partial charge is 0.229 e. The minimum absolute atomic E-state index is 0.0306. The number of piperidine rings is 1. The van der Waals surface area contributed by atoms with Crippen molar-refractivity contribution in [2.45, 2.75) is 25.5 Å². The van der Waals surface area contributed by atoms with E-state index in [0.29, 0.717) is 38.2 Å². The summed E-state index contributed by atoms with van der Waals surface area (Å²) in [5.74, 6) is 0.0164. The molecule has 2 aliphatic rings. The van der Waals surface area contributed by atoms with Crippen molar-refractivity contribution in [1.29, 1.82) is 0 Å². The van der Waals surface area contributed by atoms with Gasteiger partial charge in [0.05, 0.1) is 12.0 Å². The lowest BCUT2D eigenvalue weighted by molar-refractivity contribution is -0.143. The monoisotopic (exact) mass is 290 g/mol. The van der Waals surface area contributed by atoms with Gasteiger partial charge in [0.1, 0.15) is 5.75 Å². The first-order valence-corrected chi connectivity index (χ1v) is 7.51. The Morgan fingerprint density at radius 1 is 1.33 bits per heavy atom. The molecule has 0 spiro atoms. The number of aliphatic hydroxyl groups excluding tert-OH is 1. The second-order valence-corrected chi connectivity index (χ2v) is 6.15. The van der Waals surface area contributed by atoms with E-state index in [4.69, 9.17) is 0 Å². The number of rotatable bonds is 1. The Kier molecular flexibility index (Phi) is 3.87. The predicted octanol–water partition coefficient (Wildman–Crippen LogP) is 0.589. The SMILES string of the molecule is CN1CC[C@@H](O)[C@H](C(=O)N2CCc3c(O)cccc3C2)C1. The van der Waals surface area contributed by atoms with Crippen molar-refractivity contribution in [2.24, 2.45) is 5.92 Å². The van der Waals surface area contributed by atoms with Gasteiger partial charge in [-0.2, -0.15) is 0 Å². The average molecular weight is 290 g/mol. The van der Waals surface area contributed by atoms with Crippen LogP contribution >= 0.6 is 0 Å². The van der Waals surface area contributed by atoms with Gasteiger partial charge < -0.3 is 20.0 Å². The third kappa shape index (κ3) is 2.76. The number of aromatic hydroxyl groups is 1. The summed E-state index contributed by atoms with van der Waals surface area (Å²) in [5, 5.41) is 20.0. The molecule has 1 saturated heterocycles. The van der Waals surface area contributed by atoms with Crippen LogP contribution in [-0.4, -0.2) is 58.7 Å². The number of phenolic OH excluding ortho intramolecular Hbond substituents is 1. The number of amides is 1. The molecule has 1 fully saturated rings. The molecule has 114 valence electrons. The largest absolute Gasteiger partial charge is 0.508 e. The molecule has 0 bridgehead atoms. The molecule has 1 aromatic rings. The van der Waals surface area contributed by atoms with E-state index in [-0.39, 0.29) is 11.8 Å². The number of phenols is 1. The molecule has 0 saturated carbocycles. The Morgan fingerprint density at radius 3 is 2.95 bits per heavy atom. The summed E-state index contributed by atoms with van der Waals surface area (Å²) >= 11 is 0. The van der Waals surface area contributed by atoms with Gasteiger partial charge >= 0.3 is 0 Å². The lowest BCUT2D eigenvalue weighted by atomic mass is 9.91. The molecule has 1 amide bonds. The van der Waals surface area contributed by atoms with Crippen molar-refractivity contribution in [3.8, 4) is 5.75 Å². The van der Waals surface area contributed by atoms with Gasteiger partial charge in [-0.1, -0.05) is 12.1 Å². The number of nitrogens with zero attached hydrogens (tertiary/aromatic N) is 2. The molecular weight excluding hydrogens is 268 g/mol. The molecule has 0 aliphatic carbocycles. The molecule has 0 unspecified atom stereocenters. The molecule has 0 radical (unpaired) electrons. The van der Waals surface area contributed by atoms with Crippen LogP contribution in [0.1, 0.15) is 17.5 Å². The highest BCUT2D eigenvalue weighted by Crippen LogP contribution is 2.28. The van der Waals surface area contributed by atoms with Gasteiger partial charge in [-0.05, 0) is 31.5 Å². The Labute approximate surface area is 124 Å². The van der Waals surface area contributed by atoms with Gasteiger partial charge in [0.25, 0.3) is 0 Å². The number of fused-ring (bicyclic) bond motifs is 1. The molecule has 2 heterocycles. The molecule has 2 aliphatic heterocycles. The Bertz CT molecular complexity index is 546. The maximum Gasteiger partial charge on any atom is 0.229 e. The summed E-state index contributed by atoms with van der Waals surface area (Å²) in [4.78, 5) is 16.6. The van der Waals surface area contributed by atoms with Crippen molar-refractivity contribution in [1.82, 2.24) is 9.80 Å². The van der Waals surface area contributed by atoms with Gasteiger partial charge in [0, 0.05) is 31.7 Å². The fourth-order valence-corrected chi connectivity index (χ4v) is 3.36. The second kappa shape index (κ2) is 5.66. The third-order valence-corrected chi connectivity index (χ3v) is 4.65. The number of carbonyl (C=O) groups is 1. The van der Waals surface area contributed by atoms with Crippen molar-refractivity contribution >= 4 is 5.91 Å². The topological polar surface area (TPSA) is 64.0 Å². The van der Waals surface area contributed by atoms with E-state index in [1.54, 1.807) is 6.07 Å². The number of hydrogen-bond acceptors (Lipinski definition) is 4. The van der Waals surface area contributed by atoms with E-state index in [2.05, 4.69) is 4.90 Å². The number of carbonyl (C=O) groups excluding carboxylic acids is 1. The van der Waals surface area contributed by atoms with Crippen LogP contribution in [0.15, 0.2) is 18.2 Å². The number of aliphatic hydroxyl groups is 1. The van der Waals surface area contributed by atoms with Crippen LogP contribution in [0.4, 0.5) is 0 Å². The normalized spacial score (nSPS) is 26.5. The Hall–Kier alpha value is -1.59. The highest BCUT2D eigenvalue weighted by molar-refractivity contribution is 5.80. The van der Waals surface area contributed by atoms with Crippen LogP contribution in [0.3, 0.4) is 0 Å². The second-order valence-electron chi connectivity index (χ2n) is 6.15. The first kappa shape index (κ1) is 14.4. The zero-order valence-electron chi connectivity index (χ0n) is 12.3. The summed E-state index contributed by atoms with van der Waals surface area (Å²) in [6.07, 6.45) is 0.782. The maximum atomic E-state index is 12.7. The van der Waals surface area contributed by atoms with Gasteiger partial charge in [-0.15, -0.1) is 0 Å². The Balaban J connectivity index is 1.75. The third-order valence-electron chi connectivity index (χ3n) is 4.65. The van der Waals surface area contributed by atoms with E-state index >= 15 is 0 Å². The number of likely N-dealkylation sites (tertiary alicyclic amines) is 1. The lowest BCUT2D eigenvalue weighted by Crippen LogP contribution is -2.50. The summed E-state index contributed by atoms with van der Waals surface area (Å²) in [6, 6.07) is 5.46. The highest BCUT2D eigenvalue weighted by atomic mass is 16.3. The van der Waals surface area contributed by atoms with Crippen LogP contribution in [0.25, 0.3) is 0 Å². The van der Waals surface area contributed by atoms with Gasteiger partial charge in [-0.3, -0.25) is 4.79 Å². The molecule has 2 atom stereocenters. The molecular formula is C16H22N2O3. The predicted molar refractivity (Wildman–Crippen MR) is 78.8 cm³/mol. The van der Waals surface area contributed by atoms with Crippen LogP contribution in [0.5, 0.6) is 5.75 Å². The fraction of sp³-hybridized carbons (Fsp3) is 0.562. The number of benzene rings is 1. The molecule has 2 N–H and O–H groups in total. The van der Waals surface area contributed by atoms with Crippen LogP contribution in [-0.2, 0) is 17.8 Å². The van der Waals surface area contributed by atoms with E-state index in [0.717, 1.165) is 17.7 Å². The molecule has 5 nitrogen and oxygen atoms in total. The molecule has 3 rings (SSSR count). The zero-order valence-corrected chi connectivity index (χ0v) is 12.3. The Morgan fingerprint density at radius 2 is 2.14 bits per heavy atom. The quantitative estimate of drug-likeness (QED) is 0.794. The van der Waals surface area contributed by atoms with Gasteiger partial charge in [-0.25, -0.2) is 0 Å². The molecule has 0 aromatic heterocycles. The first-order valence-electron chi connectivity index (χ1n) is 7.51. The summed E-state index contributed by atoms with van der Waals surface area (Å²) in [7, 11) is 1.98. The minimum atomic E-state index is -0.542. The fourth-order valence-electron chi connectivity index (χ4n) is 3.36. The first-order chi connectivity index (χ1) is 10.1. The summed E-state index contributed by atoms with van der Waals surface area (Å²) in [6.45, 7) is 2.58. The summed E-state index contributed by atoms with van der Waals surface area (Å²) in [5.41, 5.74) is 1.95. The van der Waals surface area contributed by atoms with E-state index in [1.165, 1.54) is 0 Å². The van der Waals surface area contributed by atoms with E-state index in [1.807, 2.05) is 24.1 Å². The summed E-state index contributed by atoms with van der Waals surface area (Å²) < 4.78 is 0. The van der Waals surface area contributed by atoms with Crippen LogP contribution in [0, 0.1) is 5.92 Å². The average Bonchev–Trinajstić information content (AvgIpc) is 2.49. The standard InChI is InChI=1S/C16H22N2O3/c1-17-7-6-15(20)13(10-17)16(21)18-8-5-12-11(9-18)3-2-4-14(12)19/h2-4,13,15,19-20H,5-10H2,1H3/t13-,15-/m1/s1. The van der Waals surface area contributed by atoms with Crippen LogP contribution < -0.4 is 0 Å². The van der Waals surface area contributed by atoms with Crippen LogP contribution in [0.2, 0.25) is 0 Å². The number of hydrogen-bond donors (Lipinski definition) is 2. The van der Waals surface area contributed by atoms with Crippen molar-refractivity contribution in [3.05, 3.63) is 29.3 Å². The van der Waals surface area contributed by atoms with E-state index < -0.39 is 6.10 Å². The van der Waals surface area contributed by atoms with Crippen molar-refractivity contribution in [2.75, 3.05) is 26.7 Å². The van der Waals surface area contributed by atoms with Gasteiger partial charge in [0.2, 0.25) is 5.91 Å². The van der Waals surface area contributed by atoms with E-state index in [9.17, 15) is 15.0 Å². The van der Waals surface area contributed by atoms with Crippen molar-refractivity contribution < 1.29 is 15.0 Å². The van der Waals surface area contributed by atoms with Gasteiger partial charge in [0.15, 0.2) is 0 Å². The zero-order chi connectivity index (χ0) is 15.0.